The summed E-state index contributed by atoms with van der Waals surface area (Å²) in [5.74, 6) is 1.35. The fourth-order valence-electron chi connectivity index (χ4n) is 3.22. The molecule has 3 aromatic rings. The number of methoxy groups -OCH3 is 1. The van der Waals surface area contributed by atoms with Gasteiger partial charge in [-0.25, -0.2) is 4.98 Å². The SMILES string of the molecule is COc1ccc(Cc2nc3ccc(C(=O)NC4CCOCC4)cc3o2)cc1. The highest BCUT2D eigenvalue weighted by Gasteiger charge is 2.18. The molecular weight excluding hydrogens is 344 g/mol. The summed E-state index contributed by atoms with van der Waals surface area (Å²) in [6.45, 7) is 1.39. The molecule has 1 aliphatic heterocycles. The van der Waals surface area contributed by atoms with Crippen molar-refractivity contribution in [1.29, 1.82) is 0 Å². The molecule has 0 radical (unpaired) electrons. The smallest absolute Gasteiger partial charge is 0.251 e. The van der Waals surface area contributed by atoms with Crippen LogP contribution in [0.25, 0.3) is 11.1 Å². The summed E-state index contributed by atoms with van der Waals surface area (Å²) in [6.07, 6.45) is 2.28. The number of amides is 1. The topological polar surface area (TPSA) is 73.6 Å². The Kier molecular flexibility index (Phi) is 5.07. The minimum Gasteiger partial charge on any atom is -0.497 e. The number of hydrogen-bond acceptors (Lipinski definition) is 5. The fraction of sp³-hybridized carbons (Fsp3) is 0.333. The largest absolute Gasteiger partial charge is 0.497 e. The number of nitrogens with zero attached hydrogens (tertiary/aromatic N) is 1. The van der Waals surface area contributed by atoms with Crippen molar-refractivity contribution in [1.82, 2.24) is 10.3 Å². The number of benzene rings is 2. The van der Waals surface area contributed by atoms with Gasteiger partial charge in [0.25, 0.3) is 5.91 Å². The van der Waals surface area contributed by atoms with Crippen molar-refractivity contribution in [2.75, 3.05) is 20.3 Å². The number of nitrogens with one attached hydrogen (secondary N) is 1. The zero-order chi connectivity index (χ0) is 18.6. The lowest BCUT2D eigenvalue weighted by Gasteiger charge is -2.23. The van der Waals surface area contributed by atoms with E-state index in [0.717, 1.165) is 29.7 Å². The average Bonchev–Trinajstić information content (AvgIpc) is 3.10. The van der Waals surface area contributed by atoms with Crippen LogP contribution in [0, 0.1) is 0 Å². The van der Waals surface area contributed by atoms with Crippen molar-refractivity contribution in [3.05, 3.63) is 59.5 Å². The maximum Gasteiger partial charge on any atom is 0.251 e. The second-order valence-corrected chi connectivity index (χ2v) is 6.68. The van der Waals surface area contributed by atoms with Crippen molar-refractivity contribution in [2.45, 2.75) is 25.3 Å². The molecule has 1 aromatic heterocycles. The predicted octanol–water partition coefficient (Wildman–Crippen LogP) is 3.34. The Bertz CT molecular complexity index is 927. The van der Waals surface area contributed by atoms with E-state index in [2.05, 4.69) is 10.3 Å². The predicted molar refractivity (Wildman–Crippen MR) is 101 cm³/mol. The van der Waals surface area contributed by atoms with Crippen molar-refractivity contribution < 1.29 is 18.7 Å². The Hall–Kier alpha value is -2.86. The molecule has 0 bridgehead atoms. The zero-order valence-corrected chi connectivity index (χ0v) is 15.2. The summed E-state index contributed by atoms with van der Waals surface area (Å²) in [7, 11) is 1.64. The van der Waals surface area contributed by atoms with Gasteiger partial charge in [0.05, 0.1) is 7.11 Å². The molecule has 1 fully saturated rings. The molecule has 6 heteroatoms. The molecule has 4 rings (SSSR count). The van der Waals surface area contributed by atoms with Crippen LogP contribution in [0.3, 0.4) is 0 Å². The molecule has 6 nitrogen and oxygen atoms in total. The van der Waals surface area contributed by atoms with Crippen LogP contribution < -0.4 is 10.1 Å². The van der Waals surface area contributed by atoms with E-state index < -0.39 is 0 Å². The molecule has 0 aliphatic carbocycles. The molecule has 140 valence electrons. The number of oxazole rings is 1. The number of hydrogen-bond donors (Lipinski definition) is 1. The maximum absolute atomic E-state index is 12.5. The number of carbonyl (C=O) groups excluding carboxylic acids is 1. The van der Waals surface area contributed by atoms with Gasteiger partial charge in [-0.15, -0.1) is 0 Å². The van der Waals surface area contributed by atoms with Gasteiger partial charge >= 0.3 is 0 Å². The Balaban J connectivity index is 1.48. The van der Waals surface area contributed by atoms with Gasteiger partial charge in [0.2, 0.25) is 0 Å². The number of rotatable bonds is 5. The van der Waals surface area contributed by atoms with E-state index in [1.807, 2.05) is 30.3 Å². The first-order chi connectivity index (χ1) is 13.2. The third-order valence-corrected chi connectivity index (χ3v) is 4.77. The molecule has 0 spiro atoms. The molecule has 1 amide bonds. The molecule has 0 unspecified atom stereocenters. The van der Waals surface area contributed by atoms with Crippen LogP contribution >= 0.6 is 0 Å². The van der Waals surface area contributed by atoms with Gasteiger partial charge in [-0.05, 0) is 48.7 Å². The Morgan fingerprint density at radius 2 is 1.96 bits per heavy atom. The highest BCUT2D eigenvalue weighted by molar-refractivity contribution is 5.97. The monoisotopic (exact) mass is 366 g/mol. The Morgan fingerprint density at radius 1 is 1.19 bits per heavy atom. The van der Waals surface area contributed by atoms with Crippen molar-refractivity contribution in [3.63, 3.8) is 0 Å². The van der Waals surface area contributed by atoms with Crippen LogP contribution in [-0.4, -0.2) is 37.3 Å². The normalized spacial score (nSPS) is 15.0. The first-order valence-electron chi connectivity index (χ1n) is 9.12. The lowest BCUT2D eigenvalue weighted by atomic mass is 10.1. The molecule has 0 atom stereocenters. The minimum absolute atomic E-state index is 0.0862. The third kappa shape index (κ3) is 4.11. The van der Waals surface area contributed by atoms with Crippen molar-refractivity contribution in [2.24, 2.45) is 0 Å². The number of ether oxygens (including phenoxy) is 2. The second-order valence-electron chi connectivity index (χ2n) is 6.68. The molecule has 2 heterocycles. The molecule has 1 N–H and O–H groups in total. The van der Waals surface area contributed by atoms with E-state index >= 15 is 0 Å². The number of carbonyl (C=O) groups is 1. The van der Waals surface area contributed by atoms with Crippen LogP contribution in [0.5, 0.6) is 5.75 Å². The van der Waals surface area contributed by atoms with E-state index in [-0.39, 0.29) is 11.9 Å². The molecule has 2 aromatic carbocycles. The van der Waals surface area contributed by atoms with Gasteiger partial charge in [0, 0.05) is 31.2 Å². The van der Waals surface area contributed by atoms with E-state index in [0.29, 0.717) is 36.7 Å². The molecule has 27 heavy (non-hydrogen) atoms. The standard InChI is InChI=1S/C21H22N2O4/c1-25-17-5-2-14(3-6-17)12-20-23-18-7-4-15(13-19(18)27-20)21(24)22-16-8-10-26-11-9-16/h2-7,13,16H,8-12H2,1H3,(H,22,24). The second kappa shape index (κ2) is 7.80. The van der Waals surface area contributed by atoms with Crippen LogP contribution in [0.15, 0.2) is 46.9 Å². The van der Waals surface area contributed by atoms with Gasteiger partial charge in [-0.3, -0.25) is 4.79 Å². The summed E-state index contributed by atoms with van der Waals surface area (Å²) < 4.78 is 16.4. The van der Waals surface area contributed by atoms with Crippen LogP contribution in [-0.2, 0) is 11.2 Å². The Labute approximate surface area is 157 Å². The van der Waals surface area contributed by atoms with E-state index in [4.69, 9.17) is 13.9 Å². The van der Waals surface area contributed by atoms with Crippen LogP contribution in [0.4, 0.5) is 0 Å². The van der Waals surface area contributed by atoms with Gasteiger partial charge < -0.3 is 19.2 Å². The average molecular weight is 366 g/mol. The molecule has 1 aliphatic rings. The quantitative estimate of drug-likeness (QED) is 0.750. The lowest BCUT2D eigenvalue weighted by Crippen LogP contribution is -2.38. The third-order valence-electron chi connectivity index (χ3n) is 4.77. The maximum atomic E-state index is 12.5. The lowest BCUT2D eigenvalue weighted by molar-refractivity contribution is 0.0696. The summed E-state index contributed by atoms with van der Waals surface area (Å²) in [5, 5.41) is 3.06. The number of aromatic nitrogens is 1. The zero-order valence-electron chi connectivity index (χ0n) is 15.2. The van der Waals surface area contributed by atoms with E-state index in [9.17, 15) is 4.79 Å². The van der Waals surface area contributed by atoms with Gasteiger partial charge in [0.1, 0.15) is 11.3 Å². The highest BCUT2D eigenvalue weighted by atomic mass is 16.5. The summed E-state index contributed by atoms with van der Waals surface area (Å²) in [5.41, 5.74) is 3.04. The highest BCUT2D eigenvalue weighted by Crippen LogP contribution is 2.21. The summed E-state index contributed by atoms with van der Waals surface area (Å²) in [6, 6.07) is 13.3. The van der Waals surface area contributed by atoms with E-state index in [1.165, 1.54) is 0 Å². The van der Waals surface area contributed by atoms with Crippen LogP contribution in [0.1, 0.15) is 34.7 Å². The van der Waals surface area contributed by atoms with Gasteiger partial charge in [0.15, 0.2) is 11.5 Å². The summed E-state index contributed by atoms with van der Waals surface area (Å²) >= 11 is 0. The van der Waals surface area contributed by atoms with Crippen molar-refractivity contribution in [3.8, 4) is 5.75 Å². The van der Waals surface area contributed by atoms with Gasteiger partial charge in [-0.1, -0.05) is 12.1 Å². The van der Waals surface area contributed by atoms with Crippen molar-refractivity contribution >= 4 is 17.0 Å². The van der Waals surface area contributed by atoms with E-state index in [1.54, 1.807) is 19.2 Å². The first kappa shape index (κ1) is 17.5. The number of fused-ring (bicyclic) bond motifs is 1. The molecule has 0 saturated carbocycles. The molecular formula is C21H22N2O4. The molecule has 1 saturated heterocycles. The minimum atomic E-state index is -0.0862. The summed E-state index contributed by atoms with van der Waals surface area (Å²) in [4.78, 5) is 17.0. The fourth-order valence-corrected chi connectivity index (χ4v) is 3.22. The first-order valence-corrected chi connectivity index (χ1v) is 9.12. The van der Waals surface area contributed by atoms with Crippen LogP contribution in [0.2, 0.25) is 0 Å². The van der Waals surface area contributed by atoms with Gasteiger partial charge in [-0.2, -0.15) is 0 Å². The Morgan fingerprint density at radius 3 is 2.70 bits per heavy atom.